The van der Waals surface area contributed by atoms with Gasteiger partial charge in [0, 0.05) is 19.2 Å². The molecule has 0 saturated heterocycles. The number of aliphatic carboxylic acids is 1. The van der Waals surface area contributed by atoms with Crippen LogP contribution in [0.5, 0.6) is 0 Å². The normalized spacial score (nSPS) is 12.0. The van der Waals surface area contributed by atoms with E-state index in [1.807, 2.05) is 6.21 Å². The average molecular weight is 414 g/mol. The van der Waals surface area contributed by atoms with Crippen molar-refractivity contribution in [1.29, 1.82) is 0 Å². The third-order valence-corrected chi connectivity index (χ3v) is 6.15. The zero-order valence-corrected chi connectivity index (χ0v) is 18.1. The summed E-state index contributed by atoms with van der Waals surface area (Å²) in [5.41, 5.74) is 1.17. The number of carboxylic acids is 1. The summed E-state index contributed by atoms with van der Waals surface area (Å²) in [7, 11) is 0. The van der Waals surface area contributed by atoms with Crippen molar-refractivity contribution in [3.8, 4) is 0 Å². The van der Waals surface area contributed by atoms with Gasteiger partial charge in [-0.15, -0.1) is 0 Å². The highest BCUT2D eigenvalue weighted by Gasteiger charge is 2.08. The maximum absolute atomic E-state index is 10.5. The number of hydrogen-bond donors (Lipinski definition) is 1. The summed E-state index contributed by atoms with van der Waals surface area (Å²) in [6, 6.07) is 19.9. The molecule has 0 aliphatic rings. The molecule has 4 aromatic carbocycles. The molecule has 0 spiro atoms. The van der Waals surface area contributed by atoms with E-state index in [0.29, 0.717) is 6.42 Å². The van der Waals surface area contributed by atoms with Crippen molar-refractivity contribution in [2.75, 3.05) is 6.54 Å². The van der Waals surface area contributed by atoms with Crippen LogP contribution >= 0.6 is 0 Å². The number of aliphatic imine (C=N–C) groups is 1. The molecule has 4 aromatic rings. The van der Waals surface area contributed by atoms with Crippen molar-refractivity contribution in [2.45, 2.75) is 57.8 Å². The van der Waals surface area contributed by atoms with E-state index in [2.05, 4.69) is 59.6 Å². The van der Waals surface area contributed by atoms with Crippen LogP contribution in [-0.2, 0) is 4.79 Å². The fourth-order valence-electron chi connectivity index (χ4n) is 4.56. The van der Waals surface area contributed by atoms with Crippen molar-refractivity contribution in [2.24, 2.45) is 4.99 Å². The third kappa shape index (κ3) is 5.41. The summed E-state index contributed by atoms with van der Waals surface area (Å²) in [4.78, 5) is 15.1. The zero-order chi connectivity index (χ0) is 21.5. The summed E-state index contributed by atoms with van der Waals surface area (Å²) in [6.45, 7) is 0.879. The number of carboxylic acid groups (broad SMARTS) is 1. The number of nitrogens with zero attached hydrogens (tertiary/aromatic N) is 1. The molecule has 160 valence electrons. The second kappa shape index (κ2) is 10.4. The first-order valence-electron chi connectivity index (χ1n) is 11.6. The first-order chi connectivity index (χ1) is 15.2. The fraction of sp³-hybridized carbons (Fsp3) is 0.357. The van der Waals surface area contributed by atoms with E-state index in [4.69, 9.17) is 5.11 Å². The predicted molar refractivity (Wildman–Crippen MR) is 132 cm³/mol. The minimum absolute atomic E-state index is 0.310. The van der Waals surface area contributed by atoms with Crippen molar-refractivity contribution >= 4 is 44.5 Å². The molecule has 0 radical (unpaired) electrons. The van der Waals surface area contributed by atoms with E-state index >= 15 is 0 Å². The Morgan fingerprint density at radius 2 is 1.23 bits per heavy atom. The van der Waals surface area contributed by atoms with Gasteiger partial charge in [-0.1, -0.05) is 81.0 Å². The van der Waals surface area contributed by atoms with Crippen LogP contribution in [0.25, 0.3) is 32.3 Å². The van der Waals surface area contributed by atoms with Gasteiger partial charge < -0.3 is 5.11 Å². The highest BCUT2D eigenvalue weighted by molar-refractivity contribution is 6.23. The first-order valence-corrected chi connectivity index (χ1v) is 11.6. The molecule has 3 heteroatoms. The summed E-state index contributed by atoms with van der Waals surface area (Å²) in [5, 5.41) is 16.5. The fourth-order valence-corrected chi connectivity index (χ4v) is 4.56. The van der Waals surface area contributed by atoms with E-state index in [1.165, 1.54) is 63.6 Å². The van der Waals surface area contributed by atoms with Gasteiger partial charge in [0.05, 0.1) is 0 Å². The highest BCUT2D eigenvalue weighted by Crippen LogP contribution is 2.34. The van der Waals surface area contributed by atoms with E-state index in [1.54, 1.807) is 0 Å². The molecule has 0 heterocycles. The minimum atomic E-state index is -0.678. The van der Waals surface area contributed by atoms with Crippen LogP contribution in [0, 0.1) is 0 Å². The van der Waals surface area contributed by atoms with Gasteiger partial charge in [0.2, 0.25) is 0 Å². The monoisotopic (exact) mass is 413 g/mol. The van der Waals surface area contributed by atoms with Gasteiger partial charge in [-0.25, -0.2) is 0 Å². The van der Waals surface area contributed by atoms with E-state index in [-0.39, 0.29) is 0 Å². The van der Waals surface area contributed by atoms with Gasteiger partial charge in [-0.2, -0.15) is 0 Å². The lowest BCUT2D eigenvalue weighted by atomic mass is 9.93. The molecule has 0 atom stereocenters. The molecule has 3 nitrogen and oxygen atoms in total. The second-order valence-electron chi connectivity index (χ2n) is 8.56. The number of hydrogen-bond acceptors (Lipinski definition) is 2. The molecule has 0 saturated carbocycles. The molecule has 0 unspecified atom stereocenters. The SMILES string of the molecule is O=C(O)CCCCCCCCCCN=Cc1cc2ccc3cccc4ccc(c1)c2c34. The van der Waals surface area contributed by atoms with Gasteiger partial charge in [-0.05, 0) is 62.9 Å². The lowest BCUT2D eigenvalue weighted by molar-refractivity contribution is -0.137. The quantitative estimate of drug-likeness (QED) is 0.148. The van der Waals surface area contributed by atoms with Crippen LogP contribution < -0.4 is 0 Å². The van der Waals surface area contributed by atoms with Crippen molar-refractivity contribution in [3.63, 3.8) is 0 Å². The lowest BCUT2D eigenvalue weighted by Gasteiger charge is -2.11. The number of rotatable bonds is 12. The van der Waals surface area contributed by atoms with E-state index < -0.39 is 5.97 Å². The topological polar surface area (TPSA) is 49.7 Å². The molecule has 1 N–H and O–H groups in total. The smallest absolute Gasteiger partial charge is 0.303 e. The molecule has 0 bridgehead atoms. The molecule has 0 aliphatic carbocycles. The van der Waals surface area contributed by atoms with Gasteiger partial charge in [0.15, 0.2) is 0 Å². The van der Waals surface area contributed by atoms with Crippen molar-refractivity contribution in [1.82, 2.24) is 0 Å². The Labute approximate surface area is 184 Å². The number of carbonyl (C=O) groups is 1. The number of benzene rings is 4. The Morgan fingerprint density at radius 3 is 1.84 bits per heavy atom. The molecule has 0 amide bonds. The molecular weight excluding hydrogens is 382 g/mol. The Balaban J connectivity index is 1.24. The highest BCUT2D eigenvalue weighted by atomic mass is 16.4. The van der Waals surface area contributed by atoms with E-state index in [9.17, 15) is 4.79 Å². The van der Waals surface area contributed by atoms with Gasteiger partial charge in [0.1, 0.15) is 0 Å². The Hall–Kier alpha value is -2.94. The van der Waals surface area contributed by atoms with Crippen LogP contribution in [0.4, 0.5) is 0 Å². The average Bonchev–Trinajstić information content (AvgIpc) is 2.78. The van der Waals surface area contributed by atoms with E-state index in [0.717, 1.165) is 32.2 Å². The largest absolute Gasteiger partial charge is 0.481 e. The summed E-state index contributed by atoms with van der Waals surface area (Å²) >= 11 is 0. The molecular formula is C28H31NO2. The molecule has 0 aromatic heterocycles. The summed E-state index contributed by atoms with van der Waals surface area (Å²) in [6.07, 6.45) is 11.4. The maximum Gasteiger partial charge on any atom is 0.303 e. The number of unbranched alkanes of at least 4 members (excludes halogenated alkanes) is 7. The Bertz CT molecular complexity index is 1110. The van der Waals surface area contributed by atoms with Crippen molar-refractivity contribution in [3.05, 3.63) is 60.2 Å². The third-order valence-electron chi connectivity index (χ3n) is 6.15. The Morgan fingerprint density at radius 1 is 0.710 bits per heavy atom. The Kier molecular flexibility index (Phi) is 7.14. The second-order valence-corrected chi connectivity index (χ2v) is 8.56. The molecule has 0 fully saturated rings. The van der Waals surface area contributed by atoms with Gasteiger partial charge in [0.25, 0.3) is 0 Å². The lowest BCUT2D eigenvalue weighted by Crippen LogP contribution is -1.93. The summed E-state index contributed by atoms with van der Waals surface area (Å²) < 4.78 is 0. The van der Waals surface area contributed by atoms with Crippen LogP contribution in [0.1, 0.15) is 63.4 Å². The minimum Gasteiger partial charge on any atom is -0.481 e. The molecule has 4 rings (SSSR count). The van der Waals surface area contributed by atoms with Crippen LogP contribution in [0.2, 0.25) is 0 Å². The standard InChI is InChI=1S/C28H31NO2/c30-26(31)12-7-5-3-1-2-4-6-8-17-29-20-21-18-24-15-13-22-10-9-11-23-14-16-25(19-21)28(24)27(22)23/h9-11,13-16,18-20H,1-8,12,17H2,(H,30,31). The summed E-state index contributed by atoms with van der Waals surface area (Å²) in [5.74, 6) is -0.678. The van der Waals surface area contributed by atoms with Crippen LogP contribution in [0.3, 0.4) is 0 Å². The van der Waals surface area contributed by atoms with Crippen LogP contribution in [0.15, 0.2) is 59.6 Å². The van der Waals surface area contributed by atoms with Crippen molar-refractivity contribution < 1.29 is 9.90 Å². The van der Waals surface area contributed by atoms with Crippen LogP contribution in [-0.4, -0.2) is 23.8 Å². The zero-order valence-electron chi connectivity index (χ0n) is 18.1. The van der Waals surface area contributed by atoms with Gasteiger partial charge >= 0.3 is 5.97 Å². The molecule has 0 aliphatic heterocycles. The predicted octanol–water partition coefficient (Wildman–Crippen LogP) is 7.60. The first kappa shape index (κ1) is 21.3. The molecule has 31 heavy (non-hydrogen) atoms. The maximum atomic E-state index is 10.5. The van der Waals surface area contributed by atoms with Gasteiger partial charge in [-0.3, -0.25) is 9.79 Å².